The smallest absolute Gasteiger partial charge is 0.333 e. The molecule has 0 aliphatic carbocycles. The molecule has 29 heavy (non-hydrogen) atoms. The number of carboxylic acids is 1. The zero-order valence-electron chi connectivity index (χ0n) is 17.2. The Balaban J connectivity index is 1.94. The summed E-state index contributed by atoms with van der Waals surface area (Å²) in [6.07, 6.45) is -0.245. The standard InChI is InChI=1S/C23H29NO5/c1-4-20(22(23(26)27)28-5-2)18-11-13-19(14-12-18)29-16-21(25)24(3)15-17-9-7-6-8-10-17/h6-14,20,22H,4-5,15-16H2,1-3H3,(H,26,27)/t20?,22-/m0/s1. The largest absolute Gasteiger partial charge is 0.484 e. The van der Waals surface area contributed by atoms with E-state index in [1.165, 1.54) is 0 Å². The number of carbonyl (C=O) groups excluding carboxylic acids is 1. The summed E-state index contributed by atoms with van der Waals surface area (Å²) in [5, 5.41) is 9.43. The first-order valence-electron chi connectivity index (χ1n) is 9.81. The molecule has 0 spiro atoms. The van der Waals surface area contributed by atoms with Gasteiger partial charge in [-0.3, -0.25) is 4.79 Å². The Morgan fingerprint density at radius 3 is 2.24 bits per heavy atom. The van der Waals surface area contributed by atoms with E-state index in [1.54, 1.807) is 31.0 Å². The molecule has 6 heteroatoms. The molecule has 1 unspecified atom stereocenters. The molecule has 0 aliphatic heterocycles. The van der Waals surface area contributed by atoms with Gasteiger partial charge in [-0.1, -0.05) is 49.4 Å². The summed E-state index contributed by atoms with van der Waals surface area (Å²) < 4.78 is 11.0. The zero-order chi connectivity index (χ0) is 21.2. The maximum absolute atomic E-state index is 12.3. The normalized spacial score (nSPS) is 12.8. The summed E-state index contributed by atoms with van der Waals surface area (Å²) >= 11 is 0. The number of nitrogens with zero attached hydrogens (tertiary/aromatic N) is 1. The molecule has 6 nitrogen and oxygen atoms in total. The summed E-state index contributed by atoms with van der Waals surface area (Å²) in [7, 11) is 1.74. The number of amides is 1. The maximum Gasteiger partial charge on any atom is 0.333 e. The van der Waals surface area contributed by atoms with Crippen LogP contribution in [0.4, 0.5) is 0 Å². The van der Waals surface area contributed by atoms with Gasteiger partial charge in [-0.25, -0.2) is 4.79 Å². The highest BCUT2D eigenvalue weighted by atomic mass is 16.5. The van der Waals surface area contributed by atoms with Crippen molar-refractivity contribution in [2.24, 2.45) is 0 Å². The number of benzene rings is 2. The van der Waals surface area contributed by atoms with Gasteiger partial charge in [0.25, 0.3) is 5.91 Å². The number of hydrogen-bond acceptors (Lipinski definition) is 4. The molecule has 0 saturated heterocycles. The van der Waals surface area contributed by atoms with Crippen LogP contribution in [0.25, 0.3) is 0 Å². The monoisotopic (exact) mass is 399 g/mol. The van der Waals surface area contributed by atoms with Crippen LogP contribution in [0, 0.1) is 0 Å². The lowest BCUT2D eigenvalue weighted by Crippen LogP contribution is -2.31. The first-order chi connectivity index (χ1) is 14.0. The SMILES string of the molecule is CCO[C@H](C(=O)O)C(CC)c1ccc(OCC(=O)N(C)Cc2ccccc2)cc1. The van der Waals surface area contributed by atoms with E-state index in [1.807, 2.05) is 49.4 Å². The number of ether oxygens (including phenoxy) is 2. The van der Waals surface area contributed by atoms with Crippen LogP contribution in [0.2, 0.25) is 0 Å². The molecule has 0 radical (unpaired) electrons. The highest BCUT2D eigenvalue weighted by Gasteiger charge is 2.28. The van der Waals surface area contributed by atoms with Gasteiger partial charge in [0.15, 0.2) is 12.7 Å². The molecule has 0 fully saturated rings. The lowest BCUT2D eigenvalue weighted by Gasteiger charge is -2.23. The second kappa shape index (κ2) is 11.2. The van der Waals surface area contributed by atoms with Gasteiger partial charge in [0.2, 0.25) is 0 Å². The molecule has 156 valence electrons. The third-order valence-electron chi connectivity index (χ3n) is 4.75. The molecular formula is C23H29NO5. The van der Waals surface area contributed by atoms with Crippen LogP contribution >= 0.6 is 0 Å². The predicted octanol–water partition coefficient (Wildman–Crippen LogP) is 3.71. The van der Waals surface area contributed by atoms with Gasteiger partial charge in [0.05, 0.1) is 0 Å². The third kappa shape index (κ3) is 6.61. The first kappa shape index (κ1) is 22.4. The molecule has 0 saturated carbocycles. The van der Waals surface area contributed by atoms with Crippen molar-refractivity contribution in [3.63, 3.8) is 0 Å². The van der Waals surface area contributed by atoms with Gasteiger partial charge in [0, 0.05) is 26.1 Å². The highest BCUT2D eigenvalue weighted by Crippen LogP contribution is 2.27. The quantitative estimate of drug-likeness (QED) is 0.623. The van der Waals surface area contributed by atoms with Crippen LogP contribution < -0.4 is 4.74 Å². The molecular weight excluding hydrogens is 370 g/mol. The minimum Gasteiger partial charge on any atom is -0.484 e. The van der Waals surface area contributed by atoms with Crippen LogP contribution in [0.5, 0.6) is 5.75 Å². The number of aliphatic carboxylic acids is 1. The van der Waals surface area contributed by atoms with Gasteiger partial charge in [-0.15, -0.1) is 0 Å². The summed E-state index contributed by atoms with van der Waals surface area (Å²) in [6.45, 7) is 4.52. The van der Waals surface area contributed by atoms with Crippen molar-refractivity contribution >= 4 is 11.9 Å². The average molecular weight is 399 g/mol. The van der Waals surface area contributed by atoms with E-state index in [9.17, 15) is 14.7 Å². The number of likely N-dealkylation sites (N-methyl/N-ethyl adjacent to an activating group) is 1. The van der Waals surface area contributed by atoms with Gasteiger partial charge in [-0.05, 0) is 36.6 Å². The van der Waals surface area contributed by atoms with Crippen molar-refractivity contribution in [1.82, 2.24) is 4.90 Å². The van der Waals surface area contributed by atoms with Crippen LogP contribution in [0.15, 0.2) is 54.6 Å². The van der Waals surface area contributed by atoms with Crippen molar-refractivity contribution in [3.8, 4) is 5.75 Å². The van der Waals surface area contributed by atoms with Crippen molar-refractivity contribution in [1.29, 1.82) is 0 Å². The molecule has 0 bridgehead atoms. The highest BCUT2D eigenvalue weighted by molar-refractivity contribution is 5.77. The van der Waals surface area contributed by atoms with Crippen molar-refractivity contribution < 1.29 is 24.2 Å². The first-order valence-corrected chi connectivity index (χ1v) is 9.81. The molecule has 1 amide bonds. The van der Waals surface area contributed by atoms with E-state index < -0.39 is 12.1 Å². The number of carbonyl (C=O) groups is 2. The summed E-state index contributed by atoms with van der Waals surface area (Å²) in [6, 6.07) is 16.9. The Morgan fingerprint density at radius 1 is 1.03 bits per heavy atom. The summed E-state index contributed by atoms with van der Waals surface area (Å²) in [5.74, 6) is -0.772. The van der Waals surface area contributed by atoms with Crippen molar-refractivity contribution in [2.45, 2.75) is 38.8 Å². The third-order valence-corrected chi connectivity index (χ3v) is 4.75. The molecule has 2 aromatic rings. The summed E-state index contributed by atoms with van der Waals surface area (Å²) in [5.41, 5.74) is 1.92. The van der Waals surface area contributed by atoms with E-state index in [0.29, 0.717) is 25.3 Å². The van der Waals surface area contributed by atoms with Crippen LogP contribution in [0.3, 0.4) is 0 Å². The Bertz CT molecular complexity index is 776. The van der Waals surface area contributed by atoms with Crippen molar-refractivity contribution in [3.05, 3.63) is 65.7 Å². The average Bonchev–Trinajstić information content (AvgIpc) is 2.73. The molecule has 2 aromatic carbocycles. The van der Waals surface area contributed by atoms with Gasteiger partial charge >= 0.3 is 5.97 Å². The second-order valence-corrected chi connectivity index (χ2v) is 6.82. The van der Waals surface area contributed by atoms with E-state index in [4.69, 9.17) is 9.47 Å². The minimum absolute atomic E-state index is 0.0589. The number of carboxylic acid groups (broad SMARTS) is 1. The van der Waals surface area contributed by atoms with E-state index in [-0.39, 0.29) is 18.4 Å². The van der Waals surface area contributed by atoms with Crippen LogP contribution in [-0.4, -0.2) is 48.2 Å². The maximum atomic E-state index is 12.3. The molecule has 0 aliphatic rings. The molecule has 2 atom stereocenters. The summed E-state index contributed by atoms with van der Waals surface area (Å²) in [4.78, 5) is 25.4. The van der Waals surface area contributed by atoms with E-state index in [2.05, 4.69) is 0 Å². The van der Waals surface area contributed by atoms with Crippen LogP contribution in [-0.2, 0) is 20.9 Å². The zero-order valence-corrected chi connectivity index (χ0v) is 17.2. The number of hydrogen-bond donors (Lipinski definition) is 1. The lowest BCUT2D eigenvalue weighted by atomic mass is 9.91. The Labute approximate surface area is 172 Å². The van der Waals surface area contributed by atoms with E-state index in [0.717, 1.165) is 11.1 Å². The Morgan fingerprint density at radius 2 is 1.69 bits per heavy atom. The van der Waals surface area contributed by atoms with Gasteiger partial charge < -0.3 is 19.5 Å². The molecule has 0 heterocycles. The molecule has 2 rings (SSSR count). The molecule has 0 aromatic heterocycles. The predicted molar refractivity (Wildman–Crippen MR) is 111 cm³/mol. The molecule has 1 N–H and O–H groups in total. The van der Waals surface area contributed by atoms with Crippen LogP contribution in [0.1, 0.15) is 37.3 Å². The second-order valence-electron chi connectivity index (χ2n) is 6.82. The fraction of sp³-hybridized carbons (Fsp3) is 0.391. The van der Waals surface area contributed by atoms with Crippen molar-refractivity contribution in [2.75, 3.05) is 20.3 Å². The lowest BCUT2D eigenvalue weighted by molar-refractivity contribution is -0.151. The Hall–Kier alpha value is -2.86. The fourth-order valence-electron chi connectivity index (χ4n) is 3.18. The van der Waals surface area contributed by atoms with Gasteiger partial charge in [0.1, 0.15) is 5.75 Å². The Kier molecular flexibility index (Phi) is 8.68. The minimum atomic E-state index is -0.967. The van der Waals surface area contributed by atoms with E-state index >= 15 is 0 Å². The van der Waals surface area contributed by atoms with Gasteiger partial charge in [-0.2, -0.15) is 0 Å². The topological polar surface area (TPSA) is 76.1 Å². The number of rotatable bonds is 11. The fourth-order valence-corrected chi connectivity index (χ4v) is 3.18.